The number of hydrogen-bond acceptors (Lipinski definition) is 3. The minimum Gasteiger partial charge on any atom is -0.478 e. The molecule has 14 heavy (non-hydrogen) atoms. The summed E-state index contributed by atoms with van der Waals surface area (Å²) in [5.74, 6) is -1.07. The zero-order valence-electron chi connectivity index (χ0n) is 7.61. The van der Waals surface area contributed by atoms with E-state index in [1.807, 2.05) is 6.07 Å². The van der Waals surface area contributed by atoms with Gasteiger partial charge in [-0.15, -0.1) is 0 Å². The molecule has 0 unspecified atom stereocenters. The van der Waals surface area contributed by atoms with Gasteiger partial charge in [-0.2, -0.15) is 5.26 Å². The van der Waals surface area contributed by atoms with Crippen LogP contribution in [-0.2, 0) is 6.61 Å². The van der Waals surface area contributed by atoms with Gasteiger partial charge in [0.25, 0.3) is 0 Å². The van der Waals surface area contributed by atoms with Crippen LogP contribution in [0.5, 0.6) is 0 Å². The number of nitriles is 1. The third kappa shape index (κ3) is 1.73. The van der Waals surface area contributed by atoms with Crippen LogP contribution in [-0.4, -0.2) is 16.2 Å². The van der Waals surface area contributed by atoms with Crippen LogP contribution < -0.4 is 0 Å². The number of nitrogens with zero attached hydrogens (tertiary/aromatic N) is 1. The first-order valence-corrected chi connectivity index (χ1v) is 3.98. The lowest BCUT2D eigenvalue weighted by molar-refractivity contribution is 0.0696. The Morgan fingerprint density at radius 3 is 2.64 bits per heavy atom. The van der Waals surface area contributed by atoms with Crippen molar-refractivity contribution in [2.24, 2.45) is 0 Å². The molecule has 0 spiro atoms. The Bertz CT molecular complexity index is 418. The third-order valence-corrected chi connectivity index (χ3v) is 2.00. The van der Waals surface area contributed by atoms with Crippen molar-refractivity contribution < 1.29 is 15.0 Å². The smallest absolute Gasteiger partial charge is 0.335 e. The van der Waals surface area contributed by atoms with Crippen molar-refractivity contribution in [2.75, 3.05) is 0 Å². The summed E-state index contributed by atoms with van der Waals surface area (Å²) in [6.45, 7) is 1.41. The highest BCUT2D eigenvalue weighted by atomic mass is 16.4. The van der Waals surface area contributed by atoms with Crippen LogP contribution in [0.2, 0.25) is 0 Å². The Morgan fingerprint density at radius 2 is 2.21 bits per heavy atom. The molecular formula is C10H9NO3. The molecule has 0 heterocycles. The van der Waals surface area contributed by atoms with Gasteiger partial charge in [-0.3, -0.25) is 0 Å². The van der Waals surface area contributed by atoms with E-state index >= 15 is 0 Å². The maximum atomic E-state index is 10.6. The number of aromatic carboxylic acids is 1. The second-order valence-electron chi connectivity index (χ2n) is 2.89. The highest BCUT2D eigenvalue weighted by Crippen LogP contribution is 2.16. The molecule has 0 radical (unpaired) electrons. The van der Waals surface area contributed by atoms with Gasteiger partial charge in [0.1, 0.15) is 0 Å². The van der Waals surface area contributed by atoms with Gasteiger partial charge in [0.05, 0.1) is 23.8 Å². The lowest BCUT2D eigenvalue weighted by atomic mass is 10.00. The van der Waals surface area contributed by atoms with Crippen LogP contribution in [0.1, 0.15) is 27.0 Å². The number of hydrogen-bond donors (Lipinski definition) is 2. The van der Waals surface area contributed by atoms with E-state index in [9.17, 15) is 4.79 Å². The summed E-state index contributed by atoms with van der Waals surface area (Å²) in [6, 6.07) is 4.56. The van der Waals surface area contributed by atoms with Gasteiger partial charge in [-0.05, 0) is 30.2 Å². The van der Waals surface area contributed by atoms with E-state index in [-0.39, 0.29) is 17.7 Å². The van der Waals surface area contributed by atoms with Crippen LogP contribution >= 0.6 is 0 Å². The first-order chi connectivity index (χ1) is 6.60. The number of rotatable bonds is 2. The Morgan fingerprint density at radius 1 is 1.57 bits per heavy atom. The second kappa shape index (κ2) is 3.90. The van der Waals surface area contributed by atoms with Gasteiger partial charge < -0.3 is 10.2 Å². The molecule has 0 amide bonds. The minimum atomic E-state index is -1.07. The number of carbonyl (C=O) groups is 1. The van der Waals surface area contributed by atoms with Crippen LogP contribution in [0.4, 0.5) is 0 Å². The summed E-state index contributed by atoms with van der Waals surface area (Å²) in [7, 11) is 0. The molecular weight excluding hydrogens is 182 g/mol. The summed E-state index contributed by atoms with van der Waals surface area (Å²) in [4.78, 5) is 10.6. The zero-order valence-corrected chi connectivity index (χ0v) is 7.61. The molecule has 0 saturated heterocycles. The topological polar surface area (TPSA) is 81.3 Å². The molecule has 0 aromatic heterocycles. The molecule has 0 bridgehead atoms. The molecule has 0 saturated carbocycles. The number of carboxylic acids is 1. The Kier molecular flexibility index (Phi) is 2.85. The van der Waals surface area contributed by atoms with Crippen molar-refractivity contribution in [1.29, 1.82) is 5.26 Å². The van der Waals surface area contributed by atoms with E-state index in [0.717, 1.165) is 0 Å². The molecule has 1 rings (SSSR count). The molecule has 0 aliphatic heterocycles. The molecule has 4 nitrogen and oxygen atoms in total. The Labute approximate surface area is 81.0 Å². The normalized spacial score (nSPS) is 9.50. The summed E-state index contributed by atoms with van der Waals surface area (Å²) >= 11 is 0. The fraction of sp³-hybridized carbons (Fsp3) is 0.200. The fourth-order valence-corrected chi connectivity index (χ4v) is 1.25. The standard InChI is InChI=1S/C10H9NO3/c1-6-2-7(10(13)14)3-8(4-11)9(6)5-12/h2-3,12H,5H2,1H3,(H,13,14). The number of carboxylic acid groups (broad SMARTS) is 1. The molecule has 0 fully saturated rings. The maximum absolute atomic E-state index is 10.6. The predicted octanol–water partition coefficient (Wildman–Crippen LogP) is 1.06. The third-order valence-electron chi connectivity index (χ3n) is 2.00. The van der Waals surface area contributed by atoms with Crippen molar-refractivity contribution in [1.82, 2.24) is 0 Å². The molecule has 0 aliphatic rings. The molecule has 72 valence electrons. The summed E-state index contributed by atoms with van der Waals surface area (Å²) < 4.78 is 0. The summed E-state index contributed by atoms with van der Waals surface area (Å²) in [5.41, 5.74) is 1.38. The summed E-state index contributed by atoms with van der Waals surface area (Å²) in [6.07, 6.45) is 0. The first-order valence-electron chi connectivity index (χ1n) is 3.98. The van der Waals surface area contributed by atoms with Crippen molar-refractivity contribution >= 4 is 5.97 Å². The lowest BCUT2D eigenvalue weighted by Crippen LogP contribution is -2.02. The van der Waals surface area contributed by atoms with Crippen LogP contribution in [0, 0.1) is 18.3 Å². The lowest BCUT2D eigenvalue weighted by Gasteiger charge is -2.06. The second-order valence-corrected chi connectivity index (χ2v) is 2.89. The van der Waals surface area contributed by atoms with Gasteiger partial charge in [0.15, 0.2) is 0 Å². The molecule has 1 aromatic carbocycles. The van der Waals surface area contributed by atoms with Gasteiger partial charge in [0, 0.05) is 0 Å². The number of benzene rings is 1. The number of aryl methyl sites for hydroxylation is 1. The Hall–Kier alpha value is -1.86. The summed E-state index contributed by atoms with van der Waals surface area (Å²) in [5, 5.41) is 26.4. The van der Waals surface area contributed by atoms with Crippen LogP contribution in [0.25, 0.3) is 0 Å². The van der Waals surface area contributed by atoms with Crippen molar-refractivity contribution in [2.45, 2.75) is 13.5 Å². The van der Waals surface area contributed by atoms with Crippen LogP contribution in [0.3, 0.4) is 0 Å². The first kappa shape index (κ1) is 10.2. The molecule has 0 aliphatic carbocycles. The molecule has 2 N–H and O–H groups in total. The van der Waals surface area contributed by atoms with Crippen LogP contribution in [0.15, 0.2) is 12.1 Å². The van der Waals surface area contributed by atoms with Gasteiger partial charge in [0.2, 0.25) is 0 Å². The fourth-order valence-electron chi connectivity index (χ4n) is 1.25. The SMILES string of the molecule is Cc1cc(C(=O)O)cc(C#N)c1CO. The molecule has 1 aromatic rings. The minimum absolute atomic E-state index is 0.0660. The van der Waals surface area contributed by atoms with E-state index in [2.05, 4.69) is 0 Å². The van der Waals surface area contributed by atoms with Gasteiger partial charge in [-0.1, -0.05) is 0 Å². The predicted molar refractivity (Wildman–Crippen MR) is 48.8 cm³/mol. The highest BCUT2D eigenvalue weighted by molar-refractivity contribution is 5.88. The molecule has 4 heteroatoms. The van der Waals surface area contributed by atoms with E-state index in [4.69, 9.17) is 15.5 Å². The van der Waals surface area contributed by atoms with E-state index in [1.165, 1.54) is 12.1 Å². The largest absolute Gasteiger partial charge is 0.478 e. The van der Waals surface area contributed by atoms with Gasteiger partial charge >= 0.3 is 5.97 Å². The van der Waals surface area contributed by atoms with Crippen molar-refractivity contribution in [3.05, 3.63) is 34.4 Å². The monoisotopic (exact) mass is 191 g/mol. The average Bonchev–Trinajstić information content (AvgIpc) is 2.16. The van der Waals surface area contributed by atoms with E-state index in [0.29, 0.717) is 11.1 Å². The highest BCUT2D eigenvalue weighted by Gasteiger charge is 2.10. The molecule has 0 atom stereocenters. The Balaban J connectivity index is 3.41. The zero-order chi connectivity index (χ0) is 10.7. The quantitative estimate of drug-likeness (QED) is 0.732. The van der Waals surface area contributed by atoms with E-state index < -0.39 is 5.97 Å². The van der Waals surface area contributed by atoms with Crippen molar-refractivity contribution in [3.8, 4) is 6.07 Å². The van der Waals surface area contributed by atoms with Gasteiger partial charge in [-0.25, -0.2) is 4.79 Å². The van der Waals surface area contributed by atoms with Crippen molar-refractivity contribution in [3.63, 3.8) is 0 Å². The van der Waals surface area contributed by atoms with E-state index in [1.54, 1.807) is 6.92 Å². The number of aliphatic hydroxyl groups is 1. The maximum Gasteiger partial charge on any atom is 0.335 e. The number of aliphatic hydroxyl groups excluding tert-OH is 1. The average molecular weight is 191 g/mol.